The monoisotopic (exact) mass is 340 g/mol. The standard InChI is InChI=1S/C19H20N2O4/c1-20(16-9-5-7-13-6-3-4-8-15(13)16)19(22)14-10-11-18(25-2)17(12-14)21(23)24/h3-4,6,8,10-12,16H,5,7,9H2,1-2H3. The average molecular weight is 340 g/mol. The van der Waals surface area contributed by atoms with Crippen molar-refractivity contribution in [2.75, 3.05) is 14.2 Å². The Morgan fingerprint density at radius 1 is 1.28 bits per heavy atom. The van der Waals surface area contributed by atoms with Gasteiger partial charge in [0, 0.05) is 18.7 Å². The third-order valence-corrected chi connectivity index (χ3v) is 4.75. The first-order chi connectivity index (χ1) is 12.0. The molecule has 0 saturated carbocycles. The van der Waals surface area contributed by atoms with Crippen molar-refractivity contribution in [3.8, 4) is 5.75 Å². The molecular weight excluding hydrogens is 320 g/mol. The third kappa shape index (κ3) is 3.20. The van der Waals surface area contributed by atoms with Crippen molar-refractivity contribution in [3.63, 3.8) is 0 Å². The summed E-state index contributed by atoms with van der Waals surface area (Å²) in [6, 6.07) is 12.4. The number of carbonyl (C=O) groups excluding carboxylic acids is 1. The van der Waals surface area contributed by atoms with E-state index in [0.29, 0.717) is 0 Å². The molecule has 0 N–H and O–H groups in total. The molecule has 25 heavy (non-hydrogen) atoms. The van der Waals surface area contributed by atoms with E-state index >= 15 is 0 Å². The summed E-state index contributed by atoms with van der Waals surface area (Å²) in [6.07, 6.45) is 2.92. The van der Waals surface area contributed by atoms with Crippen LogP contribution in [0.25, 0.3) is 0 Å². The fourth-order valence-electron chi connectivity index (χ4n) is 3.44. The van der Waals surface area contributed by atoms with E-state index in [0.717, 1.165) is 24.8 Å². The van der Waals surface area contributed by atoms with Gasteiger partial charge in [0.05, 0.1) is 18.1 Å². The second kappa shape index (κ2) is 6.93. The van der Waals surface area contributed by atoms with Crippen LogP contribution in [0.5, 0.6) is 5.75 Å². The van der Waals surface area contributed by atoms with Gasteiger partial charge in [0.2, 0.25) is 0 Å². The Morgan fingerprint density at radius 3 is 2.76 bits per heavy atom. The van der Waals surface area contributed by atoms with E-state index < -0.39 is 4.92 Å². The molecule has 1 aliphatic rings. The zero-order chi connectivity index (χ0) is 18.0. The number of benzene rings is 2. The number of aryl methyl sites for hydroxylation is 1. The molecule has 2 aromatic carbocycles. The summed E-state index contributed by atoms with van der Waals surface area (Å²) in [5.41, 5.74) is 2.51. The van der Waals surface area contributed by atoms with E-state index in [1.807, 2.05) is 12.1 Å². The van der Waals surface area contributed by atoms with E-state index in [4.69, 9.17) is 4.74 Å². The van der Waals surface area contributed by atoms with Crippen molar-refractivity contribution in [3.05, 3.63) is 69.3 Å². The molecule has 0 radical (unpaired) electrons. The molecule has 0 bridgehead atoms. The smallest absolute Gasteiger partial charge is 0.311 e. The lowest BCUT2D eigenvalue weighted by Crippen LogP contribution is -2.33. The predicted molar refractivity (Wildman–Crippen MR) is 93.9 cm³/mol. The molecule has 3 rings (SSSR count). The van der Waals surface area contributed by atoms with Crippen LogP contribution in [0.3, 0.4) is 0 Å². The number of rotatable bonds is 4. The van der Waals surface area contributed by atoms with Gasteiger partial charge in [0.1, 0.15) is 0 Å². The van der Waals surface area contributed by atoms with Gasteiger partial charge in [-0.1, -0.05) is 24.3 Å². The number of ether oxygens (including phenoxy) is 1. The molecule has 0 heterocycles. The molecule has 0 spiro atoms. The van der Waals surface area contributed by atoms with Crippen LogP contribution in [0.2, 0.25) is 0 Å². The van der Waals surface area contributed by atoms with Gasteiger partial charge in [0.15, 0.2) is 5.75 Å². The minimum absolute atomic E-state index is 0.0152. The normalized spacial score (nSPS) is 16.0. The highest BCUT2D eigenvalue weighted by atomic mass is 16.6. The van der Waals surface area contributed by atoms with Crippen LogP contribution >= 0.6 is 0 Å². The number of methoxy groups -OCH3 is 1. The van der Waals surface area contributed by atoms with Crippen molar-refractivity contribution in [1.82, 2.24) is 4.90 Å². The minimum Gasteiger partial charge on any atom is -0.490 e. The summed E-state index contributed by atoms with van der Waals surface area (Å²) in [6.45, 7) is 0. The van der Waals surface area contributed by atoms with Crippen LogP contribution in [-0.2, 0) is 6.42 Å². The second-order valence-electron chi connectivity index (χ2n) is 6.17. The van der Waals surface area contributed by atoms with Crippen molar-refractivity contribution >= 4 is 11.6 Å². The maximum absolute atomic E-state index is 12.9. The first-order valence-corrected chi connectivity index (χ1v) is 8.20. The Labute approximate surface area is 146 Å². The highest BCUT2D eigenvalue weighted by molar-refractivity contribution is 5.95. The van der Waals surface area contributed by atoms with Crippen LogP contribution in [0.15, 0.2) is 42.5 Å². The number of hydrogen-bond donors (Lipinski definition) is 0. The van der Waals surface area contributed by atoms with Crippen LogP contribution in [0, 0.1) is 10.1 Å². The molecular formula is C19H20N2O4. The molecule has 2 aromatic rings. The Morgan fingerprint density at radius 2 is 2.04 bits per heavy atom. The molecule has 0 fully saturated rings. The highest BCUT2D eigenvalue weighted by Crippen LogP contribution is 2.35. The van der Waals surface area contributed by atoms with Crippen LogP contribution in [0.1, 0.15) is 40.4 Å². The SMILES string of the molecule is COc1ccc(C(=O)N(C)C2CCCc3ccccc32)cc1[N+](=O)[O-]. The van der Waals surface area contributed by atoms with Gasteiger partial charge in [-0.25, -0.2) is 0 Å². The van der Waals surface area contributed by atoms with Crippen LogP contribution < -0.4 is 4.74 Å². The molecule has 1 unspecified atom stereocenters. The maximum Gasteiger partial charge on any atom is 0.311 e. The fourth-order valence-corrected chi connectivity index (χ4v) is 3.44. The van der Waals surface area contributed by atoms with E-state index in [1.54, 1.807) is 18.0 Å². The lowest BCUT2D eigenvalue weighted by molar-refractivity contribution is -0.385. The number of amides is 1. The molecule has 1 aliphatic carbocycles. The maximum atomic E-state index is 12.9. The van der Waals surface area contributed by atoms with Crippen LogP contribution in [0.4, 0.5) is 5.69 Å². The number of hydrogen-bond acceptors (Lipinski definition) is 4. The van der Waals surface area contributed by atoms with E-state index in [-0.39, 0.29) is 28.9 Å². The lowest BCUT2D eigenvalue weighted by Gasteiger charge is -2.33. The van der Waals surface area contributed by atoms with Gasteiger partial charge >= 0.3 is 5.69 Å². The van der Waals surface area contributed by atoms with Gasteiger partial charge in [-0.3, -0.25) is 14.9 Å². The molecule has 0 aromatic heterocycles. The average Bonchev–Trinajstić information content (AvgIpc) is 2.65. The third-order valence-electron chi connectivity index (χ3n) is 4.75. The van der Waals surface area contributed by atoms with Gasteiger partial charge in [-0.2, -0.15) is 0 Å². The summed E-state index contributed by atoms with van der Waals surface area (Å²) in [4.78, 5) is 25.2. The Bertz CT molecular complexity index is 819. The van der Waals surface area contributed by atoms with E-state index in [1.165, 1.54) is 24.8 Å². The fraction of sp³-hybridized carbons (Fsp3) is 0.316. The summed E-state index contributed by atoms with van der Waals surface area (Å²) in [5, 5.41) is 11.2. The van der Waals surface area contributed by atoms with Crippen molar-refractivity contribution in [2.45, 2.75) is 25.3 Å². The van der Waals surface area contributed by atoms with E-state index in [9.17, 15) is 14.9 Å². The van der Waals surface area contributed by atoms with Crippen molar-refractivity contribution in [2.24, 2.45) is 0 Å². The van der Waals surface area contributed by atoms with Crippen LogP contribution in [-0.4, -0.2) is 29.9 Å². The Hall–Kier alpha value is -2.89. The van der Waals surface area contributed by atoms with Gasteiger partial charge in [-0.15, -0.1) is 0 Å². The first kappa shape index (κ1) is 17.0. The largest absolute Gasteiger partial charge is 0.490 e. The molecule has 0 aliphatic heterocycles. The topological polar surface area (TPSA) is 72.7 Å². The summed E-state index contributed by atoms with van der Waals surface area (Å²) in [5.74, 6) is -0.0836. The number of nitrogens with zero attached hydrogens (tertiary/aromatic N) is 2. The highest BCUT2D eigenvalue weighted by Gasteiger charge is 2.28. The molecule has 6 nitrogen and oxygen atoms in total. The lowest BCUT2D eigenvalue weighted by atomic mass is 9.87. The number of carbonyl (C=O) groups is 1. The minimum atomic E-state index is -0.536. The first-order valence-electron chi connectivity index (χ1n) is 8.20. The quantitative estimate of drug-likeness (QED) is 0.627. The van der Waals surface area contributed by atoms with Crippen molar-refractivity contribution < 1.29 is 14.5 Å². The second-order valence-corrected chi connectivity index (χ2v) is 6.17. The van der Waals surface area contributed by atoms with E-state index in [2.05, 4.69) is 12.1 Å². The van der Waals surface area contributed by atoms with Gasteiger partial charge < -0.3 is 9.64 Å². The number of nitro benzene ring substituents is 1. The van der Waals surface area contributed by atoms with Gasteiger partial charge in [-0.05, 0) is 42.5 Å². The van der Waals surface area contributed by atoms with Gasteiger partial charge in [0.25, 0.3) is 5.91 Å². The number of nitro groups is 1. The Kier molecular flexibility index (Phi) is 4.70. The molecule has 1 amide bonds. The molecule has 0 saturated heterocycles. The number of fused-ring (bicyclic) bond motifs is 1. The predicted octanol–water partition coefficient (Wildman–Crippen LogP) is 3.75. The molecule has 6 heteroatoms. The summed E-state index contributed by atoms with van der Waals surface area (Å²) < 4.78 is 5.00. The summed E-state index contributed by atoms with van der Waals surface area (Å²) in [7, 11) is 3.13. The zero-order valence-electron chi connectivity index (χ0n) is 14.3. The molecule has 1 atom stereocenters. The molecule has 130 valence electrons. The summed E-state index contributed by atoms with van der Waals surface area (Å²) >= 11 is 0. The van der Waals surface area contributed by atoms with Crippen molar-refractivity contribution in [1.29, 1.82) is 0 Å². The Balaban J connectivity index is 1.91. The zero-order valence-corrected chi connectivity index (χ0v) is 14.3.